The van der Waals surface area contributed by atoms with Crippen molar-refractivity contribution < 1.29 is 28.8 Å². The summed E-state index contributed by atoms with van der Waals surface area (Å²) in [6.45, 7) is 9.16. The highest BCUT2D eigenvalue weighted by Gasteiger charge is 2.69. The van der Waals surface area contributed by atoms with Crippen molar-refractivity contribution in [2.24, 2.45) is 29.4 Å². The molecule has 5 aliphatic heterocycles. The Morgan fingerprint density at radius 1 is 1.11 bits per heavy atom. The van der Waals surface area contributed by atoms with Gasteiger partial charge in [-0.2, -0.15) is 0 Å². The van der Waals surface area contributed by atoms with Crippen molar-refractivity contribution in [2.45, 2.75) is 82.9 Å². The first kappa shape index (κ1) is 19.1. The molecule has 0 radical (unpaired) electrons. The van der Waals surface area contributed by atoms with E-state index in [1.165, 1.54) is 0 Å². The Bertz CT molecular complexity index is 665. The van der Waals surface area contributed by atoms with Crippen LogP contribution in [0.4, 0.5) is 4.79 Å². The molecule has 1 aliphatic carbocycles. The van der Waals surface area contributed by atoms with Gasteiger partial charge in [-0.3, -0.25) is 0 Å². The van der Waals surface area contributed by atoms with E-state index in [1.807, 2.05) is 13.8 Å². The Labute approximate surface area is 165 Å². The van der Waals surface area contributed by atoms with E-state index in [0.29, 0.717) is 24.9 Å². The number of amides is 1. The van der Waals surface area contributed by atoms with E-state index in [2.05, 4.69) is 13.8 Å². The van der Waals surface area contributed by atoms with Crippen molar-refractivity contribution in [3.8, 4) is 0 Å². The van der Waals surface area contributed by atoms with Crippen LogP contribution >= 0.6 is 0 Å². The van der Waals surface area contributed by atoms with Crippen LogP contribution in [-0.2, 0) is 24.0 Å². The molecule has 5 saturated heterocycles. The first-order valence-corrected chi connectivity index (χ1v) is 10.6. The van der Waals surface area contributed by atoms with Gasteiger partial charge in [0, 0.05) is 36.9 Å². The van der Waals surface area contributed by atoms with Crippen molar-refractivity contribution in [3.63, 3.8) is 0 Å². The molecule has 0 unspecified atom stereocenters. The van der Waals surface area contributed by atoms with Crippen LogP contribution in [0, 0.1) is 23.7 Å². The molecule has 0 aromatic heterocycles. The lowest BCUT2D eigenvalue weighted by Crippen LogP contribution is -2.71. The number of likely N-dealkylation sites (tertiary alicyclic amines) is 1. The molecule has 5 heterocycles. The number of carbonyl (C=O) groups excluding carboxylic acids is 1. The molecule has 0 aromatic rings. The number of ether oxygens (including phenoxy) is 3. The van der Waals surface area contributed by atoms with Gasteiger partial charge in [-0.15, -0.1) is 0 Å². The Morgan fingerprint density at radius 3 is 2.57 bits per heavy atom. The number of nitrogens with two attached hydrogens (primary N) is 1. The molecule has 8 nitrogen and oxygen atoms in total. The maximum atomic E-state index is 12.6. The van der Waals surface area contributed by atoms with E-state index in [4.69, 9.17) is 29.7 Å². The second-order valence-corrected chi connectivity index (χ2v) is 10.2. The second kappa shape index (κ2) is 6.04. The minimum atomic E-state index is -0.828. The molecule has 1 amide bonds. The lowest BCUT2D eigenvalue weighted by molar-refractivity contribution is -0.576. The maximum Gasteiger partial charge on any atom is 0.412 e. The van der Waals surface area contributed by atoms with Gasteiger partial charge in [-0.25, -0.2) is 14.6 Å². The van der Waals surface area contributed by atoms with Gasteiger partial charge < -0.3 is 24.8 Å². The number of carbonyl (C=O) groups is 1. The molecule has 6 rings (SSSR count). The highest BCUT2D eigenvalue weighted by Crippen LogP contribution is 2.60. The first-order valence-electron chi connectivity index (χ1n) is 10.6. The number of nitrogens with zero attached hydrogens (tertiary/aromatic N) is 1. The molecular formula is C20H32N2O6. The molecule has 0 aromatic carbocycles. The van der Waals surface area contributed by atoms with E-state index >= 15 is 0 Å². The standard InChI is InChI=1S/C20H32N2O6/c1-11-5-6-14-12(2)15(25-17(23)22-9-18(3,21)10-22)24-16-20(14)13(11)7-8-19(4,26-16)27-28-20/h11-16H,5-10,21H2,1-4H3/t11-,12-,13+,14+,15-,16-,19-,20-/m1/s1. The Kier molecular flexibility index (Phi) is 4.11. The zero-order chi connectivity index (χ0) is 19.9. The predicted octanol–water partition coefficient (Wildman–Crippen LogP) is 2.36. The minimum Gasteiger partial charge on any atom is -0.419 e. The topological polar surface area (TPSA) is 92.5 Å². The van der Waals surface area contributed by atoms with Gasteiger partial charge in [0.2, 0.25) is 12.1 Å². The molecule has 6 aliphatic rings. The Hall–Kier alpha value is -0.930. The van der Waals surface area contributed by atoms with E-state index < -0.39 is 24.0 Å². The average Bonchev–Trinajstić information content (AvgIpc) is 2.83. The van der Waals surface area contributed by atoms with E-state index in [1.54, 1.807) is 4.90 Å². The van der Waals surface area contributed by atoms with Gasteiger partial charge in [0.25, 0.3) is 0 Å². The van der Waals surface area contributed by atoms with Gasteiger partial charge in [-0.1, -0.05) is 13.8 Å². The van der Waals surface area contributed by atoms with Crippen molar-refractivity contribution in [1.82, 2.24) is 4.90 Å². The van der Waals surface area contributed by atoms with Gasteiger partial charge >= 0.3 is 6.09 Å². The summed E-state index contributed by atoms with van der Waals surface area (Å²) in [6.07, 6.45) is 2.19. The second-order valence-electron chi connectivity index (χ2n) is 10.2. The van der Waals surface area contributed by atoms with Gasteiger partial charge in [-0.05, 0) is 44.9 Å². The van der Waals surface area contributed by atoms with Crippen molar-refractivity contribution in [3.05, 3.63) is 0 Å². The maximum absolute atomic E-state index is 12.6. The molecule has 1 saturated carbocycles. The molecule has 28 heavy (non-hydrogen) atoms. The van der Waals surface area contributed by atoms with Crippen LogP contribution in [0.2, 0.25) is 0 Å². The zero-order valence-electron chi connectivity index (χ0n) is 17.2. The third-order valence-electron chi connectivity index (χ3n) is 7.68. The fourth-order valence-corrected chi connectivity index (χ4v) is 6.14. The summed E-state index contributed by atoms with van der Waals surface area (Å²) >= 11 is 0. The van der Waals surface area contributed by atoms with Gasteiger partial charge in [0.05, 0.1) is 0 Å². The largest absolute Gasteiger partial charge is 0.419 e. The fourth-order valence-electron chi connectivity index (χ4n) is 6.14. The predicted molar refractivity (Wildman–Crippen MR) is 97.5 cm³/mol. The van der Waals surface area contributed by atoms with E-state index in [0.717, 1.165) is 25.7 Å². The number of rotatable bonds is 1. The fraction of sp³-hybridized carbons (Fsp3) is 0.950. The van der Waals surface area contributed by atoms with Crippen molar-refractivity contribution >= 4 is 6.09 Å². The van der Waals surface area contributed by atoms with Crippen LogP contribution in [0.3, 0.4) is 0 Å². The SMILES string of the molecule is C[C@H]1[C@@H](OC(=O)N2CC(C)(N)C2)O[C@@H]2O[C@@]3(C)CC[C@H]4[C@H](C)CC[C@@H]1[C@@]24OO3. The Morgan fingerprint density at radius 2 is 1.86 bits per heavy atom. The van der Waals surface area contributed by atoms with Crippen LogP contribution in [0.25, 0.3) is 0 Å². The van der Waals surface area contributed by atoms with Crippen LogP contribution in [0.15, 0.2) is 0 Å². The van der Waals surface area contributed by atoms with Crippen LogP contribution < -0.4 is 5.73 Å². The van der Waals surface area contributed by atoms with Gasteiger partial charge in [0.15, 0.2) is 11.9 Å². The Balaban J connectivity index is 1.40. The highest BCUT2D eigenvalue weighted by molar-refractivity contribution is 5.69. The molecule has 8 heteroatoms. The third-order valence-corrected chi connectivity index (χ3v) is 7.68. The number of hydrogen-bond acceptors (Lipinski definition) is 7. The summed E-state index contributed by atoms with van der Waals surface area (Å²) in [5, 5.41) is 0. The average molecular weight is 396 g/mol. The molecule has 158 valence electrons. The molecule has 2 bridgehead atoms. The summed E-state index contributed by atoms with van der Waals surface area (Å²) in [5.74, 6) is 0.1000. The van der Waals surface area contributed by atoms with Crippen LogP contribution in [0.5, 0.6) is 0 Å². The smallest absolute Gasteiger partial charge is 0.412 e. The summed E-state index contributed by atoms with van der Waals surface area (Å²) in [4.78, 5) is 26.1. The first-order chi connectivity index (χ1) is 13.1. The van der Waals surface area contributed by atoms with E-state index in [9.17, 15) is 4.79 Å². The van der Waals surface area contributed by atoms with Crippen molar-refractivity contribution in [2.75, 3.05) is 13.1 Å². The summed E-state index contributed by atoms with van der Waals surface area (Å²) < 4.78 is 18.3. The quantitative estimate of drug-likeness (QED) is 0.680. The lowest BCUT2D eigenvalue weighted by atomic mass is 9.58. The molecule has 1 spiro atoms. The minimum absolute atomic E-state index is 0.0182. The summed E-state index contributed by atoms with van der Waals surface area (Å²) in [7, 11) is 0. The summed E-state index contributed by atoms with van der Waals surface area (Å²) in [6, 6.07) is 0. The van der Waals surface area contributed by atoms with E-state index in [-0.39, 0.29) is 23.5 Å². The molecule has 6 fully saturated rings. The number of hydrogen-bond donors (Lipinski definition) is 1. The van der Waals surface area contributed by atoms with Gasteiger partial charge in [0.1, 0.15) is 0 Å². The molecule has 8 atom stereocenters. The normalized spacial score (nSPS) is 51.7. The molecule has 2 N–H and O–H groups in total. The van der Waals surface area contributed by atoms with Crippen LogP contribution in [-0.4, -0.2) is 53.6 Å². The lowest BCUT2D eigenvalue weighted by Gasteiger charge is -2.60. The number of fused-ring (bicyclic) bond motifs is 2. The monoisotopic (exact) mass is 396 g/mol. The highest BCUT2D eigenvalue weighted by atomic mass is 17.3. The third kappa shape index (κ3) is 2.65. The molecular weight excluding hydrogens is 364 g/mol. The van der Waals surface area contributed by atoms with Crippen LogP contribution in [0.1, 0.15) is 53.4 Å². The van der Waals surface area contributed by atoms with Crippen molar-refractivity contribution in [1.29, 1.82) is 0 Å². The summed E-state index contributed by atoms with van der Waals surface area (Å²) in [5.41, 5.74) is 5.05. The zero-order valence-corrected chi connectivity index (χ0v) is 17.2.